The molecule has 1 aromatic rings. The number of rotatable bonds is 4. The third kappa shape index (κ3) is 2.86. The maximum absolute atomic E-state index is 12.4. The molecule has 3 rings (SSSR count). The Morgan fingerprint density at radius 1 is 1.19 bits per heavy atom. The van der Waals surface area contributed by atoms with Gasteiger partial charge in [0, 0.05) is 0 Å². The molecule has 3 unspecified atom stereocenters. The molecule has 2 fully saturated rings. The molecule has 1 aliphatic heterocycles. The van der Waals surface area contributed by atoms with Crippen molar-refractivity contribution in [3.63, 3.8) is 0 Å². The summed E-state index contributed by atoms with van der Waals surface area (Å²) >= 11 is 0. The van der Waals surface area contributed by atoms with Crippen molar-refractivity contribution in [3.05, 3.63) is 30.3 Å². The highest BCUT2D eigenvalue weighted by Gasteiger charge is 2.39. The normalized spacial score (nSPS) is 29.4. The number of hydrogen-bond donors (Lipinski definition) is 1. The van der Waals surface area contributed by atoms with E-state index in [0.717, 1.165) is 12.5 Å². The molecule has 3 atom stereocenters. The van der Waals surface area contributed by atoms with Crippen molar-refractivity contribution in [3.8, 4) is 0 Å². The van der Waals surface area contributed by atoms with Gasteiger partial charge in [0.05, 0.1) is 18.2 Å². The molecule has 1 aliphatic carbocycles. The van der Waals surface area contributed by atoms with Crippen molar-refractivity contribution in [2.24, 2.45) is 11.8 Å². The van der Waals surface area contributed by atoms with E-state index in [0.29, 0.717) is 11.6 Å². The number of imide groups is 1. The van der Waals surface area contributed by atoms with Crippen LogP contribution in [0.25, 0.3) is 0 Å². The first-order valence-electron chi connectivity index (χ1n) is 7.82. The number of carbonyl (C=O) groups excluding carboxylic acids is 2. The number of para-hydroxylation sites is 1. The van der Waals surface area contributed by atoms with Gasteiger partial charge in [-0.2, -0.15) is 0 Å². The van der Waals surface area contributed by atoms with E-state index in [-0.39, 0.29) is 24.3 Å². The van der Waals surface area contributed by atoms with Crippen LogP contribution >= 0.6 is 0 Å². The molecule has 1 saturated heterocycles. The number of nitrogens with one attached hydrogen (secondary N) is 1. The van der Waals surface area contributed by atoms with Crippen LogP contribution in [0.3, 0.4) is 0 Å². The fraction of sp³-hybridized carbons (Fsp3) is 0.529. The molecule has 0 radical (unpaired) electrons. The Labute approximate surface area is 125 Å². The molecule has 0 aromatic heterocycles. The van der Waals surface area contributed by atoms with E-state index in [9.17, 15) is 9.59 Å². The SMILES string of the molecule is CC1CCCC1CNC1CC(=O)N(c2ccccc2)C1=O. The Morgan fingerprint density at radius 2 is 1.95 bits per heavy atom. The highest BCUT2D eigenvalue weighted by molar-refractivity contribution is 6.22. The van der Waals surface area contributed by atoms with Gasteiger partial charge in [-0.05, 0) is 36.9 Å². The smallest absolute Gasteiger partial charge is 0.251 e. The fourth-order valence-corrected chi connectivity index (χ4v) is 3.46. The molecule has 0 spiro atoms. The van der Waals surface area contributed by atoms with E-state index >= 15 is 0 Å². The molecular formula is C17H22N2O2. The van der Waals surface area contributed by atoms with E-state index < -0.39 is 0 Å². The lowest BCUT2D eigenvalue weighted by Gasteiger charge is -2.19. The molecule has 1 heterocycles. The first-order chi connectivity index (χ1) is 10.2. The van der Waals surface area contributed by atoms with Gasteiger partial charge < -0.3 is 5.32 Å². The summed E-state index contributed by atoms with van der Waals surface area (Å²) in [7, 11) is 0. The zero-order chi connectivity index (χ0) is 14.8. The molecule has 2 aliphatic rings. The number of carbonyl (C=O) groups is 2. The van der Waals surface area contributed by atoms with E-state index in [1.54, 1.807) is 12.1 Å². The van der Waals surface area contributed by atoms with E-state index in [4.69, 9.17) is 0 Å². The van der Waals surface area contributed by atoms with E-state index in [1.165, 1.54) is 24.2 Å². The number of amides is 2. The maximum Gasteiger partial charge on any atom is 0.251 e. The Balaban J connectivity index is 1.64. The average Bonchev–Trinajstić information content (AvgIpc) is 3.01. The van der Waals surface area contributed by atoms with Crippen LogP contribution in [0.4, 0.5) is 5.69 Å². The Hall–Kier alpha value is -1.68. The Morgan fingerprint density at radius 3 is 2.62 bits per heavy atom. The summed E-state index contributed by atoms with van der Waals surface area (Å²) < 4.78 is 0. The van der Waals surface area contributed by atoms with Crippen molar-refractivity contribution in [2.45, 2.75) is 38.6 Å². The second-order valence-electron chi connectivity index (χ2n) is 6.24. The fourth-order valence-electron chi connectivity index (χ4n) is 3.46. The molecule has 0 bridgehead atoms. The van der Waals surface area contributed by atoms with Crippen LogP contribution in [0.5, 0.6) is 0 Å². The number of hydrogen-bond acceptors (Lipinski definition) is 3. The van der Waals surface area contributed by atoms with Gasteiger partial charge in [-0.25, -0.2) is 4.90 Å². The summed E-state index contributed by atoms with van der Waals surface area (Å²) in [4.78, 5) is 25.9. The maximum atomic E-state index is 12.4. The number of anilines is 1. The third-order valence-corrected chi connectivity index (χ3v) is 4.83. The molecular weight excluding hydrogens is 264 g/mol. The lowest BCUT2D eigenvalue weighted by Crippen LogP contribution is -2.41. The molecule has 1 N–H and O–H groups in total. The molecule has 4 nitrogen and oxygen atoms in total. The van der Waals surface area contributed by atoms with Crippen molar-refractivity contribution in [1.29, 1.82) is 0 Å². The van der Waals surface area contributed by atoms with Crippen molar-refractivity contribution < 1.29 is 9.59 Å². The summed E-state index contributed by atoms with van der Waals surface area (Å²) in [6, 6.07) is 8.82. The third-order valence-electron chi connectivity index (χ3n) is 4.83. The summed E-state index contributed by atoms with van der Waals surface area (Å²) in [5.41, 5.74) is 0.672. The average molecular weight is 286 g/mol. The van der Waals surface area contributed by atoms with Gasteiger partial charge in [0.1, 0.15) is 0 Å². The van der Waals surface area contributed by atoms with Gasteiger partial charge in [-0.15, -0.1) is 0 Å². The Bertz CT molecular complexity index is 529. The second kappa shape index (κ2) is 5.98. The molecule has 1 saturated carbocycles. The summed E-state index contributed by atoms with van der Waals surface area (Å²) in [6.07, 6.45) is 4.06. The zero-order valence-electron chi connectivity index (χ0n) is 12.4. The van der Waals surface area contributed by atoms with Crippen LogP contribution in [0.15, 0.2) is 30.3 Å². The molecule has 112 valence electrons. The summed E-state index contributed by atoms with van der Waals surface area (Å²) in [5, 5.41) is 3.32. The van der Waals surface area contributed by atoms with Crippen molar-refractivity contribution in [2.75, 3.05) is 11.4 Å². The first-order valence-corrected chi connectivity index (χ1v) is 7.82. The largest absolute Gasteiger partial charge is 0.305 e. The van der Waals surface area contributed by atoms with Gasteiger partial charge in [-0.1, -0.05) is 38.0 Å². The lowest BCUT2D eigenvalue weighted by atomic mass is 9.98. The van der Waals surface area contributed by atoms with Gasteiger partial charge in [0.2, 0.25) is 5.91 Å². The van der Waals surface area contributed by atoms with E-state index in [2.05, 4.69) is 12.2 Å². The minimum atomic E-state index is -0.356. The minimum absolute atomic E-state index is 0.108. The molecule has 2 amide bonds. The van der Waals surface area contributed by atoms with Crippen molar-refractivity contribution >= 4 is 17.5 Å². The van der Waals surface area contributed by atoms with Crippen LogP contribution in [-0.2, 0) is 9.59 Å². The summed E-state index contributed by atoms with van der Waals surface area (Å²) in [5.74, 6) is 1.13. The van der Waals surface area contributed by atoms with Gasteiger partial charge >= 0.3 is 0 Å². The minimum Gasteiger partial charge on any atom is -0.305 e. The monoisotopic (exact) mass is 286 g/mol. The standard InChI is InChI=1S/C17H22N2O2/c1-12-6-5-7-13(12)11-18-15-10-16(20)19(17(15)21)14-8-3-2-4-9-14/h2-4,8-9,12-13,15,18H,5-7,10-11H2,1H3. The molecule has 1 aromatic carbocycles. The highest BCUT2D eigenvalue weighted by Crippen LogP contribution is 2.31. The lowest BCUT2D eigenvalue weighted by molar-refractivity contribution is -0.121. The van der Waals surface area contributed by atoms with E-state index in [1.807, 2.05) is 18.2 Å². The predicted molar refractivity (Wildman–Crippen MR) is 81.8 cm³/mol. The quantitative estimate of drug-likeness (QED) is 0.864. The van der Waals surface area contributed by atoms with Crippen LogP contribution < -0.4 is 10.2 Å². The van der Waals surface area contributed by atoms with Gasteiger partial charge in [0.25, 0.3) is 5.91 Å². The molecule has 4 heteroatoms. The van der Waals surface area contributed by atoms with Gasteiger partial charge in [0.15, 0.2) is 0 Å². The summed E-state index contributed by atoms with van der Waals surface area (Å²) in [6.45, 7) is 3.12. The zero-order valence-corrected chi connectivity index (χ0v) is 12.4. The topological polar surface area (TPSA) is 49.4 Å². The predicted octanol–water partition coefficient (Wildman–Crippen LogP) is 2.34. The van der Waals surface area contributed by atoms with Crippen molar-refractivity contribution in [1.82, 2.24) is 5.32 Å². The van der Waals surface area contributed by atoms with Crippen LogP contribution in [0, 0.1) is 11.8 Å². The van der Waals surface area contributed by atoms with Crippen LogP contribution in [-0.4, -0.2) is 24.4 Å². The van der Waals surface area contributed by atoms with Crippen LogP contribution in [0.2, 0.25) is 0 Å². The highest BCUT2D eigenvalue weighted by atomic mass is 16.2. The first kappa shape index (κ1) is 14.3. The van der Waals surface area contributed by atoms with Crippen LogP contribution in [0.1, 0.15) is 32.6 Å². The number of benzene rings is 1. The molecule has 21 heavy (non-hydrogen) atoms. The number of nitrogens with zero attached hydrogens (tertiary/aromatic N) is 1. The van der Waals surface area contributed by atoms with Gasteiger partial charge in [-0.3, -0.25) is 9.59 Å². The second-order valence-corrected chi connectivity index (χ2v) is 6.24. The Kier molecular flexibility index (Phi) is 4.06.